The summed E-state index contributed by atoms with van der Waals surface area (Å²) < 4.78 is 16.2. The number of carbonyl (C=O) groups excluding carboxylic acids is 2. The lowest BCUT2D eigenvalue weighted by Crippen LogP contribution is -2.64. The Bertz CT molecular complexity index is 1200. The molecule has 0 aliphatic carbocycles. The van der Waals surface area contributed by atoms with Crippen LogP contribution >= 0.6 is 0 Å². The number of hydrogen-bond acceptors (Lipinski definition) is 5. The number of aromatic nitrogens is 1. The third-order valence-corrected chi connectivity index (χ3v) is 6.18. The molecule has 0 radical (unpaired) electrons. The highest BCUT2D eigenvalue weighted by atomic mass is 16.7. The van der Waals surface area contributed by atoms with Gasteiger partial charge in [-0.25, -0.2) is 4.79 Å². The molecule has 1 saturated heterocycles. The fourth-order valence-corrected chi connectivity index (χ4v) is 4.83. The van der Waals surface area contributed by atoms with Crippen LogP contribution in [0, 0.1) is 0 Å². The minimum Gasteiger partial charge on any atom is -0.454 e. The minimum atomic E-state index is -1.08. The van der Waals surface area contributed by atoms with Crippen molar-refractivity contribution in [2.24, 2.45) is 0 Å². The second-order valence-corrected chi connectivity index (χ2v) is 7.87. The average Bonchev–Trinajstić information content (AvgIpc) is 3.33. The van der Waals surface area contributed by atoms with Gasteiger partial charge in [-0.3, -0.25) is 4.79 Å². The Morgan fingerprint density at radius 1 is 1.07 bits per heavy atom. The Kier molecular flexibility index (Phi) is 3.14. The summed E-state index contributed by atoms with van der Waals surface area (Å²) in [6, 6.07) is 13.2. The lowest BCUT2D eigenvalue weighted by Gasteiger charge is -2.49. The SMILES string of the molecule is C[C@]12Cc3c([nH]c4ccccc34)[C@@H](c3ccc4c(c3)OCO4)N1C(=O)COC2=O. The van der Waals surface area contributed by atoms with Crippen LogP contribution in [0.15, 0.2) is 42.5 Å². The maximum absolute atomic E-state index is 13.0. The molecule has 29 heavy (non-hydrogen) atoms. The number of nitrogens with one attached hydrogen (secondary N) is 1. The summed E-state index contributed by atoms with van der Waals surface area (Å²) in [5, 5.41) is 1.06. The molecule has 2 aromatic carbocycles. The van der Waals surface area contributed by atoms with Gasteiger partial charge in [0, 0.05) is 23.0 Å². The molecule has 1 aromatic heterocycles. The Morgan fingerprint density at radius 3 is 2.79 bits per heavy atom. The molecule has 1 fully saturated rings. The van der Waals surface area contributed by atoms with E-state index >= 15 is 0 Å². The van der Waals surface area contributed by atoms with Gasteiger partial charge in [0.15, 0.2) is 18.1 Å². The van der Waals surface area contributed by atoms with E-state index in [-0.39, 0.29) is 25.3 Å². The Balaban J connectivity index is 1.63. The van der Waals surface area contributed by atoms with Crippen LogP contribution in [0.3, 0.4) is 0 Å². The molecule has 7 nitrogen and oxygen atoms in total. The quantitative estimate of drug-likeness (QED) is 0.646. The first-order chi connectivity index (χ1) is 14.1. The third kappa shape index (κ3) is 2.12. The predicted octanol–water partition coefficient (Wildman–Crippen LogP) is 2.69. The molecule has 3 aliphatic heterocycles. The van der Waals surface area contributed by atoms with Crippen molar-refractivity contribution in [3.8, 4) is 11.5 Å². The van der Waals surface area contributed by atoms with Crippen LogP contribution in [0.4, 0.5) is 0 Å². The molecule has 4 heterocycles. The standard InChI is InChI=1S/C22H18N2O5/c1-22-9-14-13-4-2-3-5-15(13)23-19(14)20(24(22)18(25)10-27-21(22)26)12-6-7-16-17(8-12)29-11-28-16/h2-8,20,23H,9-11H2,1H3/t20-,22-/m1/s1. The fraction of sp³-hybridized carbons (Fsp3) is 0.273. The van der Waals surface area contributed by atoms with E-state index in [0.717, 1.165) is 27.7 Å². The molecule has 146 valence electrons. The Morgan fingerprint density at radius 2 is 1.90 bits per heavy atom. The van der Waals surface area contributed by atoms with Crippen molar-refractivity contribution < 1.29 is 23.8 Å². The van der Waals surface area contributed by atoms with E-state index in [1.165, 1.54) is 0 Å². The summed E-state index contributed by atoms with van der Waals surface area (Å²) in [6.07, 6.45) is 0.401. The number of fused-ring (bicyclic) bond motifs is 5. The van der Waals surface area contributed by atoms with Gasteiger partial charge < -0.3 is 24.1 Å². The highest BCUT2D eigenvalue weighted by molar-refractivity contribution is 5.96. The Labute approximate surface area is 166 Å². The average molecular weight is 390 g/mol. The number of amides is 1. The lowest BCUT2D eigenvalue weighted by molar-refractivity contribution is -0.181. The molecule has 6 rings (SSSR count). The van der Waals surface area contributed by atoms with Crippen LogP contribution in [-0.2, 0) is 20.7 Å². The first-order valence-corrected chi connectivity index (χ1v) is 9.55. The lowest BCUT2D eigenvalue weighted by atomic mass is 9.79. The summed E-state index contributed by atoms with van der Waals surface area (Å²) in [4.78, 5) is 31.0. The molecule has 3 aromatic rings. The zero-order chi connectivity index (χ0) is 19.8. The minimum absolute atomic E-state index is 0.174. The van der Waals surface area contributed by atoms with Gasteiger partial charge in [0.2, 0.25) is 6.79 Å². The number of nitrogens with zero attached hydrogens (tertiary/aromatic N) is 1. The van der Waals surface area contributed by atoms with Crippen LogP contribution in [0.25, 0.3) is 10.9 Å². The highest BCUT2D eigenvalue weighted by Gasteiger charge is 2.55. The van der Waals surface area contributed by atoms with Gasteiger partial charge >= 0.3 is 5.97 Å². The van der Waals surface area contributed by atoms with Crippen LogP contribution in [0.1, 0.15) is 29.8 Å². The van der Waals surface area contributed by atoms with Crippen molar-refractivity contribution in [2.75, 3.05) is 13.4 Å². The largest absolute Gasteiger partial charge is 0.454 e. The van der Waals surface area contributed by atoms with Crippen molar-refractivity contribution in [3.63, 3.8) is 0 Å². The number of para-hydroxylation sites is 1. The predicted molar refractivity (Wildman–Crippen MR) is 103 cm³/mol. The molecule has 0 unspecified atom stereocenters. The summed E-state index contributed by atoms with van der Waals surface area (Å²) in [7, 11) is 0. The summed E-state index contributed by atoms with van der Waals surface area (Å²) in [6.45, 7) is 1.72. The van der Waals surface area contributed by atoms with Crippen LogP contribution in [0.5, 0.6) is 11.5 Å². The number of rotatable bonds is 1. The molecular formula is C22H18N2O5. The summed E-state index contributed by atoms with van der Waals surface area (Å²) in [5.41, 5.74) is 2.72. The number of hydrogen-bond donors (Lipinski definition) is 1. The van der Waals surface area contributed by atoms with Gasteiger partial charge in [-0.15, -0.1) is 0 Å². The molecular weight excluding hydrogens is 372 g/mol. The van der Waals surface area contributed by atoms with E-state index < -0.39 is 11.6 Å². The van der Waals surface area contributed by atoms with Gasteiger partial charge in [0.1, 0.15) is 5.54 Å². The first kappa shape index (κ1) is 16.5. The molecule has 1 N–H and O–H groups in total. The van der Waals surface area contributed by atoms with Crippen molar-refractivity contribution in [1.82, 2.24) is 9.88 Å². The second kappa shape index (κ2) is 5.53. The zero-order valence-electron chi connectivity index (χ0n) is 15.7. The summed E-state index contributed by atoms with van der Waals surface area (Å²) in [5.74, 6) is 0.728. The normalized spacial score (nSPS) is 25.0. The second-order valence-electron chi connectivity index (χ2n) is 7.87. The van der Waals surface area contributed by atoms with Crippen molar-refractivity contribution in [2.45, 2.75) is 24.9 Å². The van der Waals surface area contributed by atoms with Crippen LogP contribution in [0.2, 0.25) is 0 Å². The number of carbonyl (C=O) groups is 2. The number of esters is 1. The van der Waals surface area contributed by atoms with Crippen molar-refractivity contribution in [3.05, 3.63) is 59.3 Å². The molecule has 0 saturated carbocycles. The number of ether oxygens (including phenoxy) is 3. The van der Waals surface area contributed by atoms with E-state index in [1.807, 2.05) is 42.5 Å². The zero-order valence-corrected chi connectivity index (χ0v) is 15.7. The van der Waals surface area contributed by atoms with E-state index in [4.69, 9.17) is 14.2 Å². The molecule has 1 amide bonds. The smallest absolute Gasteiger partial charge is 0.332 e. The van der Waals surface area contributed by atoms with Crippen LogP contribution < -0.4 is 9.47 Å². The Hall–Kier alpha value is -3.48. The fourth-order valence-electron chi connectivity index (χ4n) is 4.83. The number of cyclic esters (lactones) is 1. The van der Waals surface area contributed by atoms with E-state index in [9.17, 15) is 9.59 Å². The van der Waals surface area contributed by atoms with Gasteiger partial charge in [-0.2, -0.15) is 0 Å². The van der Waals surface area contributed by atoms with Crippen molar-refractivity contribution in [1.29, 1.82) is 0 Å². The van der Waals surface area contributed by atoms with E-state index in [1.54, 1.807) is 11.8 Å². The van der Waals surface area contributed by atoms with Gasteiger partial charge in [-0.1, -0.05) is 24.3 Å². The number of H-pyrrole nitrogens is 1. The van der Waals surface area contributed by atoms with Gasteiger partial charge in [0.25, 0.3) is 5.91 Å². The molecule has 0 spiro atoms. The van der Waals surface area contributed by atoms with E-state index in [0.29, 0.717) is 17.9 Å². The summed E-state index contributed by atoms with van der Waals surface area (Å²) >= 11 is 0. The van der Waals surface area contributed by atoms with Crippen molar-refractivity contribution >= 4 is 22.8 Å². The topological polar surface area (TPSA) is 80.9 Å². The van der Waals surface area contributed by atoms with Gasteiger partial charge in [-0.05, 0) is 36.2 Å². The number of aromatic amines is 1. The molecule has 3 aliphatic rings. The van der Waals surface area contributed by atoms with Gasteiger partial charge in [0.05, 0.1) is 6.04 Å². The maximum atomic E-state index is 13.0. The third-order valence-electron chi connectivity index (χ3n) is 6.18. The first-order valence-electron chi connectivity index (χ1n) is 9.55. The number of benzene rings is 2. The number of morpholine rings is 1. The van der Waals surface area contributed by atoms with Crippen LogP contribution in [-0.4, -0.2) is 40.7 Å². The molecule has 7 heteroatoms. The molecule has 0 bridgehead atoms. The monoisotopic (exact) mass is 390 g/mol. The van der Waals surface area contributed by atoms with E-state index in [2.05, 4.69) is 4.98 Å². The maximum Gasteiger partial charge on any atom is 0.332 e. The highest BCUT2D eigenvalue weighted by Crippen LogP contribution is 2.48. The molecule has 2 atom stereocenters.